The monoisotopic (exact) mass is 211 g/mol. The molecule has 1 rings (SSSR count). The molecule has 1 amide bonds. The number of carbonyl (C=O) groups excluding carboxylic acids is 2. The molecule has 0 aliphatic carbocycles. The van der Waals surface area contributed by atoms with Crippen molar-refractivity contribution in [2.45, 2.75) is 12.8 Å². The molecule has 0 aliphatic rings. The third-order valence-electron chi connectivity index (χ3n) is 2.04. The van der Waals surface area contributed by atoms with Crippen molar-refractivity contribution in [3.63, 3.8) is 0 Å². The molecule has 14 heavy (non-hydrogen) atoms. The van der Waals surface area contributed by atoms with E-state index in [1.165, 1.54) is 0 Å². The van der Waals surface area contributed by atoms with Crippen molar-refractivity contribution in [1.29, 1.82) is 0 Å². The van der Waals surface area contributed by atoms with Crippen LogP contribution in [0.15, 0.2) is 24.3 Å². The first-order valence-electron chi connectivity index (χ1n) is 4.11. The Hall–Kier alpha value is -1.35. The van der Waals surface area contributed by atoms with Crippen LogP contribution in [0.5, 0.6) is 0 Å². The lowest BCUT2D eigenvalue weighted by Crippen LogP contribution is -2.11. The van der Waals surface area contributed by atoms with Crippen molar-refractivity contribution in [2.24, 2.45) is 5.73 Å². The summed E-state index contributed by atoms with van der Waals surface area (Å²) in [5.41, 5.74) is 6.26. The molecule has 2 N–H and O–H groups in total. The Balaban J connectivity index is 2.94. The molecule has 74 valence electrons. The van der Waals surface area contributed by atoms with E-state index >= 15 is 0 Å². The number of hydrogen-bond donors (Lipinski definition) is 1. The van der Waals surface area contributed by atoms with Crippen molar-refractivity contribution in [3.05, 3.63) is 35.4 Å². The molecule has 0 aromatic heterocycles. The highest BCUT2D eigenvalue weighted by molar-refractivity contribution is 6.64. The first kappa shape index (κ1) is 10.7. The molecule has 4 heteroatoms. The highest BCUT2D eigenvalue weighted by atomic mass is 35.5. The molecular formula is C10H10ClNO2. The van der Waals surface area contributed by atoms with Gasteiger partial charge in [-0.3, -0.25) is 9.59 Å². The van der Waals surface area contributed by atoms with Crippen molar-refractivity contribution in [1.82, 2.24) is 0 Å². The van der Waals surface area contributed by atoms with Crippen LogP contribution >= 0.6 is 11.6 Å². The Labute approximate surface area is 86.9 Å². The summed E-state index contributed by atoms with van der Waals surface area (Å²) in [7, 11) is 0. The summed E-state index contributed by atoms with van der Waals surface area (Å²) >= 11 is 5.33. The standard InChI is InChI=1S/C10H10ClNO2/c1-6(9(11)13)7-2-4-8(5-3-7)10(12)14/h2-6H,1H3,(H2,12,14). The fourth-order valence-electron chi connectivity index (χ4n) is 1.07. The first-order valence-corrected chi connectivity index (χ1v) is 4.49. The molecule has 1 aromatic rings. The smallest absolute Gasteiger partial charge is 0.248 e. The Morgan fingerprint density at radius 2 is 1.79 bits per heavy atom. The molecule has 0 bridgehead atoms. The van der Waals surface area contributed by atoms with Crippen molar-refractivity contribution in [2.75, 3.05) is 0 Å². The molecule has 0 fully saturated rings. The normalized spacial score (nSPS) is 12.1. The third kappa shape index (κ3) is 2.33. The molecule has 0 heterocycles. The van der Waals surface area contributed by atoms with Gasteiger partial charge in [0.2, 0.25) is 11.1 Å². The van der Waals surface area contributed by atoms with Gasteiger partial charge in [-0.1, -0.05) is 19.1 Å². The number of halogens is 1. The average molecular weight is 212 g/mol. The second-order valence-electron chi connectivity index (χ2n) is 3.01. The number of amides is 1. The predicted molar refractivity (Wildman–Crippen MR) is 54.2 cm³/mol. The second-order valence-corrected chi connectivity index (χ2v) is 3.38. The van der Waals surface area contributed by atoms with Crippen LogP contribution in [0.25, 0.3) is 0 Å². The lowest BCUT2D eigenvalue weighted by Gasteiger charge is -2.06. The number of nitrogens with two attached hydrogens (primary N) is 1. The van der Waals surface area contributed by atoms with Crippen LogP contribution in [0.2, 0.25) is 0 Å². The topological polar surface area (TPSA) is 60.2 Å². The summed E-state index contributed by atoms with van der Waals surface area (Å²) in [5, 5.41) is -0.420. The average Bonchev–Trinajstić information content (AvgIpc) is 2.16. The Morgan fingerprint density at radius 1 is 1.29 bits per heavy atom. The minimum atomic E-state index is -0.485. The number of carbonyl (C=O) groups is 2. The quantitative estimate of drug-likeness (QED) is 0.773. The number of primary amides is 1. The zero-order chi connectivity index (χ0) is 10.7. The fraction of sp³-hybridized carbons (Fsp3) is 0.200. The summed E-state index contributed by atoms with van der Waals surface area (Å²) in [4.78, 5) is 21.6. The number of rotatable bonds is 3. The van der Waals surface area contributed by atoms with Gasteiger partial charge < -0.3 is 5.73 Å². The van der Waals surface area contributed by atoms with E-state index in [2.05, 4.69) is 0 Å². The lowest BCUT2D eigenvalue weighted by molar-refractivity contribution is -0.112. The third-order valence-corrected chi connectivity index (χ3v) is 2.36. The Bertz CT molecular complexity index is 359. The van der Waals surface area contributed by atoms with Crippen LogP contribution in [-0.2, 0) is 4.79 Å². The molecular weight excluding hydrogens is 202 g/mol. The van der Waals surface area contributed by atoms with Crippen LogP contribution in [0.1, 0.15) is 28.8 Å². The Kier molecular flexibility index (Phi) is 3.25. The van der Waals surface area contributed by atoms with Crippen molar-refractivity contribution >= 4 is 22.8 Å². The van der Waals surface area contributed by atoms with Crippen molar-refractivity contribution in [3.8, 4) is 0 Å². The van der Waals surface area contributed by atoms with Gasteiger partial charge >= 0.3 is 0 Å². The summed E-state index contributed by atoms with van der Waals surface area (Å²) in [6, 6.07) is 6.50. The van der Waals surface area contributed by atoms with Crippen LogP contribution in [0, 0.1) is 0 Å². The lowest BCUT2D eigenvalue weighted by atomic mass is 10.0. The van der Waals surface area contributed by atoms with Gasteiger partial charge in [0, 0.05) is 5.56 Å². The Morgan fingerprint density at radius 3 is 2.14 bits per heavy atom. The predicted octanol–water partition coefficient (Wildman–Crippen LogP) is 1.65. The zero-order valence-electron chi connectivity index (χ0n) is 7.66. The number of benzene rings is 1. The van der Waals surface area contributed by atoms with Crippen LogP contribution in [0.3, 0.4) is 0 Å². The van der Waals surface area contributed by atoms with Gasteiger partial charge in [-0.15, -0.1) is 0 Å². The minimum absolute atomic E-state index is 0.362. The SMILES string of the molecule is CC(C(=O)Cl)c1ccc(C(N)=O)cc1. The van der Waals surface area contributed by atoms with E-state index in [9.17, 15) is 9.59 Å². The fourth-order valence-corrected chi connectivity index (χ4v) is 1.19. The molecule has 0 aliphatic heterocycles. The van der Waals surface area contributed by atoms with Gasteiger partial charge in [-0.2, -0.15) is 0 Å². The van der Waals surface area contributed by atoms with E-state index in [0.717, 1.165) is 5.56 Å². The molecule has 0 saturated carbocycles. The van der Waals surface area contributed by atoms with E-state index in [1.54, 1.807) is 31.2 Å². The molecule has 0 spiro atoms. The van der Waals surface area contributed by atoms with Gasteiger partial charge in [-0.25, -0.2) is 0 Å². The highest BCUT2D eigenvalue weighted by Gasteiger charge is 2.12. The minimum Gasteiger partial charge on any atom is -0.366 e. The van der Waals surface area contributed by atoms with E-state index in [1.807, 2.05) is 0 Å². The van der Waals surface area contributed by atoms with Crippen LogP contribution in [-0.4, -0.2) is 11.1 Å². The molecule has 1 aromatic carbocycles. The van der Waals surface area contributed by atoms with Gasteiger partial charge in [0.25, 0.3) is 0 Å². The van der Waals surface area contributed by atoms with Gasteiger partial charge in [0.15, 0.2) is 0 Å². The maximum Gasteiger partial charge on any atom is 0.248 e. The van der Waals surface area contributed by atoms with E-state index < -0.39 is 11.1 Å². The van der Waals surface area contributed by atoms with E-state index in [0.29, 0.717) is 5.56 Å². The first-order chi connectivity index (χ1) is 6.52. The van der Waals surface area contributed by atoms with Gasteiger partial charge in [0.1, 0.15) is 0 Å². The number of hydrogen-bond acceptors (Lipinski definition) is 2. The zero-order valence-corrected chi connectivity index (χ0v) is 8.41. The second kappa shape index (κ2) is 4.24. The summed E-state index contributed by atoms with van der Waals surface area (Å²) in [5.74, 6) is -0.847. The summed E-state index contributed by atoms with van der Waals surface area (Å²) in [6.07, 6.45) is 0. The summed E-state index contributed by atoms with van der Waals surface area (Å²) in [6.45, 7) is 1.70. The van der Waals surface area contributed by atoms with Crippen LogP contribution < -0.4 is 5.73 Å². The molecule has 1 unspecified atom stereocenters. The van der Waals surface area contributed by atoms with Crippen LogP contribution in [0.4, 0.5) is 0 Å². The van der Waals surface area contributed by atoms with Gasteiger partial charge in [0.05, 0.1) is 5.92 Å². The maximum atomic E-state index is 10.8. The largest absolute Gasteiger partial charge is 0.366 e. The molecule has 3 nitrogen and oxygen atoms in total. The summed E-state index contributed by atoms with van der Waals surface area (Å²) < 4.78 is 0. The maximum absolute atomic E-state index is 10.8. The molecule has 1 atom stereocenters. The molecule has 0 radical (unpaired) electrons. The molecule has 0 saturated heterocycles. The van der Waals surface area contributed by atoms with Crippen molar-refractivity contribution < 1.29 is 9.59 Å². The van der Waals surface area contributed by atoms with E-state index in [-0.39, 0.29) is 5.92 Å². The van der Waals surface area contributed by atoms with Gasteiger partial charge in [-0.05, 0) is 29.3 Å². The highest BCUT2D eigenvalue weighted by Crippen LogP contribution is 2.18. The van der Waals surface area contributed by atoms with E-state index in [4.69, 9.17) is 17.3 Å².